The maximum absolute atomic E-state index is 13.0. The van der Waals surface area contributed by atoms with Crippen molar-refractivity contribution >= 4 is 0 Å². The predicted molar refractivity (Wildman–Crippen MR) is 69.4 cm³/mol. The molecule has 0 bridgehead atoms. The molecular formula is C15H23FO. The molecule has 0 aliphatic heterocycles. The molecule has 0 saturated heterocycles. The van der Waals surface area contributed by atoms with Gasteiger partial charge in [-0.3, -0.25) is 0 Å². The van der Waals surface area contributed by atoms with E-state index in [1.165, 1.54) is 6.07 Å². The third-order valence-corrected chi connectivity index (χ3v) is 2.97. The van der Waals surface area contributed by atoms with Crippen LogP contribution in [0.15, 0.2) is 24.3 Å². The SMILES string of the molecule is CC(C)(C)CCC(CO)Cc1cccc(F)c1. The van der Waals surface area contributed by atoms with Crippen LogP contribution < -0.4 is 0 Å². The van der Waals surface area contributed by atoms with E-state index >= 15 is 0 Å². The second kappa shape index (κ2) is 6.15. The van der Waals surface area contributed by atoms with Crippen LogP contribution in [0.2, 0.25) is 0 Å². The van der Waals surface area contributed by atoms with Crippen LogP contribution in [0.3, 0.4) is 0 Å². The van der Waals surface area contributed by atoms with E-state index in [0.717, 1.165) is 24.8 Å². The van der Waals surface area contributed by atoms with E-state index in [2.05, 4.69) is 20.8 Å². The van der Waals surface area contributed by atoms with Crippen molar-refractivity contribution < 1.29 is 9.50 Å². The van der Waals surface area contributed by atoms with E-state index < -0.39 is 0 Å². The van der Waals surface area contributed by atoms with Crippen LogP contribution in [0.1, 0.15) is 39.2 Å². The van der Waals surface area contributed by atoms with Gasteiger partial charge in [-0.2, -0.15) is 0 Å². The van der Waals surface area contributed by atoms with E-state index in [1.54, 1.807) is 12.1 Å². The topological polar surface area (TPSA) is 20.2 Å². The van der Waals surface area contributed by atoms with Gasteiger partial charge in [-0.1, -0.05) is 32.9 Å². The van der Waals surface area contributed by atoms with Gasteiger partial charge < -0.3 is 5.11 Å². The summed E-state index contributed by atoms with van der Waals surface area (Å²) in [5.41, 5.74) is 1.26. The Bertz CT molecular complexity index is 341. The predicted octanol–water partition coefficient (Wildman–Crippen LogP) is 3.80. The van der Waals surface area contributed by atoms with E-state index in [-0.39, 0.29) is 23.8 Å². The molecule has 0 fully saturated rings. The molecule has 1 atom stereocenters. The first-order valence-corrected chi connectivity index (χ1v) is 6.26. The molecule has 2 heteroatoms. The summed E-state index contributed by atoms with van der Waals surface area (Å²) in [7, 11) is 0. The zero-order chi connectivity index (χ0) is 12.9. The molecule has 0 saturated carbocycles. The summed E-state index contributed by atoms with van der Waals surface area (Å²) in [5.74, 6) is 0.0334. The maximum Gasteiger partial charge on any atom is 0.123 e. The zero-order valence-electron chi connectivity index (χ0n) is 11.0. The molecule has 0 aromatic heterocycles. The Hall–Kier alpha value is -0.890. The van der Waals surface area contributed by atoms with Crippen LogP contribution in [0.4, 0.5) is 4.39 Å². The van der Waals surface area contributed by atoms with Crippen LogP contribution in [0.25, 0.3) is 0 Å². The standard InChI is InChI=1S/C15H23FO/c1-15(2,3)8-7-13(11-17)9-12-5-4-6-14(16)10-12/h4-6,10,13,17H,7-9,11H2,1-3H3. The molecule has 17 heavy (non-hydrogen) atoms. The van der Waals surface area contributed by atoms with Crippen molar-refractivity contribution in [2.45, 2.75) is 40.0 Å². The van der Waals surface area contributed by atoms with Crippen LogP contribution in [-0.4, -0.2) is 11.7 Å². The third kappa shape index (κ3) is 5.83. The Morgan fingerprint density at radius 1 is 1.29 bits per heavy atom. The Balaban J connectivity index is 2.52. The average molecular weight is 238 g/mol. The van der Waals surface area contributed by atoms with Crippen molar-refractivity contribution in [2.75, 3.05) is 6.61 Å². The Morgan fingerprint density at radius 2 is 2.00 bits per heavy atom. The first-order valence-electron chi connectivity index (χ1n) is 6.26. The van der Waals surface area contributed by atoms with E-state index in [0.29, 0.717) is 0 Å². The smallest absolute Gasteiger partial charge is 0.123 e. The monoisotopic (exact) mass is 238 g/mol. The molecule has 1 aromatic carbocycles. The van der Waals surface area contributed by atoms with Crippen LogP contribution >= 0.6 is 0 Å². The van der Waals surface area contributed by atoms with Gasteiger partial charge in [0.05, 0.1) is 0 Å². The van der Waals surface area contributed by atoms with Gasteiger partial charge in [-0.25, -0.2) is 4.39 Å². The van der Waals surface area contributed by atoms with Gasteiger partial charge >= 0.3 is 0 Å². The fraction of sp³-hybridized carbons (Fsp3) is 0.600. The third-order valence-electron chi connectivity index (χ3n) is 2.97. The number of aliphatic hydroxyl groups excluding tert-OH is 1. The fourth-order valence-electron chi connectivity index (χ4n) is 1.89. The lowest BCUT2D eigenvalue weighted by atomic mass is 9.85. The van der Waals surface area contributed by atoms with Gasteiger partial charge in [0.15, 0.2) is 0 Å². The summed E-state index contributed by atoms with van der Waals surface area (Å²) < 4.78 is 13.0. The highest BCUT2D eigenvalue weighted by atomic mass is 19.1. The molecule has 0 radical (unpaired) electrons. The van der Waals surface area contributed by atoms with Gasteiger partial charge in [0, 0.05) is 6.61 Å². The van der Waals surface area contributed by atoms with Gasteiger partial charge in [-0.15, -0.1) is 0 Å². The molecule has 0 heterocycles. The Kier molecular flexibility index (Phi) is 5.13. The quantitative estimate of drug-likeness (QED) is 0.827. The highest BCUT2D eigenvalue weighted by molar-refractivity contribution is 5.16. The molecule has 96 valence electrons. The number of benzene rings is 1. The van der Waals surface area contributed by atoms with Crippen molar-refractivity contribution in [3.8, 4) is 0 Å². The maximum atomic E-state index is 13.0. The first kappa shape index (κ1) is 14.2. The normalized spacial score (nSPS) is 13.7. The molecule has 0 aliphatic rings. The van der Waals surface area contributed by atoms with Crippen molar-refractivity contribution in [3.05, 3.63) is 35.6 Å². The number of rotatable bonds is 5. The summed E-state index contributed by atoms with van der Waals surface area (Å²) in [4.78, 5) is 0. The highest BCUT2D eigenvalue weighted by Crippen LogP contribution is 2.25. The summed E-state index contributed by atoms with van der Waals surface area (Å²) in [6, 6.07) is 6.65. The molecule has 0 amide bonds. The molecule has 1 unspecified atom stereocenters. The summed E-state index contributed by atoms with van der Waals surface area (Å²) in [6.07, 6.45) is 2.81. The highest BCUT2D eigenvalue weighted by Gasteiger charge is 2.15. The molecule has 1 rings (SSSR count). The largest absolute Gasteiger partial charge is 0.396 e. The van der Waals surface area contributed by atoms with Crippen molar-refractivity contribution in [1.29, 1.82) is 0 Å². The van der Waals surface area contributed by atoms with Gasteiger partial charge in [-0.05, 0) is 48.3 Å². The lowest BCUT2D eigenvalue weighted by molar-refractivity contribution is 0.200. The fourth-order valence-corrected chi connectivity index (χ4v) is 1.89. The summed E-state index contributed by atoms with van der Waals surface area (Å²) in [5, 5.41) is 9.36. The van der Waals surface area contributed by atoms with Crippen molar-refractivity contribution in [2.24, 2.45) is 11.3 Å². The zero-order valence-corrected chi connectivity index (χ0v) is 11.0. The Labute approximate surface area is 104 Å². The van der Waals surface area contributed by atoms with E-state index in [1.807, 2.05) is 6.07 Å². The number of aliphatic hydroxyl groups is 1. The molecule has 0 spiro atoms. The number of hydrogen-bond donors (Lipinski definition) is 1. The first-order chi connectivity index (χ1) is 7.90. The molecule has 1 aromatic rings. The molecular weight excluding hydrogens is 215 g/mol. The van der Waals surface area contributed by atoms with Crippen molar-refractivity contribution in [1.82, 2.24) is 0 Å². The van der Waals surface area contributed by atoms with Gasteiger partial charge in [0.1, 0.15) is 5.82 Å². The van der Waals surface area contributed by atoms with E-state index in [4.69, 9.17) is 0 Å². The summed E-state index contributed by atoms with van der Waals surface area (Å²) in [6.45, 7) is 6.77. The Morgan fingerprint density at radius 3 is 2.53 bits per heavy atom. The number of halogens is 1. The molecule has 1 N–H and O–H groups in total. The molecule has 1 nitrogen and oxygen atoms in total. The molecule has 0 aliphatic carbocycles. The van der Waals surface area contributed by atoms with Gasteiger partial charge in [0.25, 0.3) is 0 Å². The van der Waals surface area contributed by atoms with Gasteiger partial charge in [0.2, 0.25) is 0 Å². The minimum Gasteiger partial charge on any atom is -0.396 e. The minimum absolute atomic E-state index is 0.173. The van der Waals surface area contributed by atoms with Crippen LogP contribution in [0, 0.1) is 17.2 Å². The van der Waals surface area contributed by atoms with E-state index in [9.17, 15) is 9.50 Å². The average Bonchev–Trinajstić information content (AvgIpc) is 2.23. The number of hydrogen-bond acceptors (Lipinski definition) is 1. The summed E-state index contributed by atoms with van der Waals surface area (Å²) >= 11 is 0. The second-order valence-electron chi connectivity index (χ2n) is 5.98. The lowest BCUT2D eigenvalue weighted by Gasteiger charge is -2.22. The van der Waals surface area contributed by atoms with Crippen LogP contribution in [0.5, 0.6) is 0 Å². The second-order valence-corrected chi connectivity index (χ2v) is 5.98. The lowest BCUT2D eigenvalue weighted by Crippen LogP contribution is -2.14. The minimum atomic E-state index is -0.199. The van der Waals surface area contributed by atoms with Crippen LogP contribution in [-0.2, 0) is 6.42 Å². The van der Waals surface area contributed by atoms with Crippen molar-refractivity contribution in [3.63, 3.8) is 0 Å².